The molecule has 0 heterocycles. The number of rotatable bonds is 5. The molecule has 0 atom stereocenters. The van der Waals surface area contributed by atoms with E-state index in [2.05, 4.69) is 4.72 Å². The lowest BCUT2D eigenvalue weighted by Gasteiger charge is -2.40. The van der Waals surface area contributed by atoms with Crippen LogP contribution in [-0.2, 0) is 14.8 Å². The molecule has 6 heteroatoms. The fourth-order valence-electron chi connectivity index (χ4n) is 2.15. The molecule has 1 aromatic rings. The third-order valence-corrected chi connectivity index (χ3v) is 5.23. The molecule has 0 unspecified atom stereocenters. The van der Waals surface area contributed by atoms with Crippen molar-refractivity contribution in [1.82, 2.24) is 4.72 Å². The summed E-state index contributed by atoms with van der Waals surface area (Å²) in [6, 6.07) is 4.71. The van der Waals surface area contributed by atoms with Gasteiger partial charge in [-0.05, 0) is 49.9 Å². The molecule has 1 fully saturated rings. The van der Waals surface area contributed by atoms with Crippen LogP contribution in [0.1, 0.15) is 24.8 Å². The van der Waals surface area contributed by atoms with Gasteiger partial charge < -0.3 is 10.5 Å². The van der Waals surface area contributed by atoms with Crippen molar-refractivity contribution in [2.45, 2.75) is 36.7 Å². The summed E-state index contributed by atoms with van der Waals surface area (Å²) >= 11 is 0. The highest BCUT2D eigenvalue weighted by atomic mass is 32.2. The summed E-state index contributed by atoms with van der Waals surface area (Å²) in [7, 11) is -1.88. The fourth-order valence-corrected chi connectivity index (χ4v) is 3.35. The van der Waals surface area contributed by atoms with E-state index in [1.54, 1.807) is 26.2 Å². The second-order valence-corrected chi connectivity index (χ2v) is 6.85. The minimum absolute atomic E-state index is 0.241. The molecule has 2 rings (SSSR count). The maximum Gasteiger partial charge on any atom is 0.240 e. The van der Waals surface area contributed by atoms with E-state index in [-0.39, 0.29) is 10.5 Å². The second-order valence-electron chi connectivity index (χ2n) is 5.08. The summed E-state index contributed by atoms with van der Waals surface area (Å²) in [6.45, 7) is 2.10. The first-order chi connectivity index (χ1) is 8.88. The van der Waals surface area contributed by atoms with Crippen molar-refractivity contribution in [1.29, 1.82) is 0 Å². The Labute approximate surface area is 114 Å². The van der Waals surface area contributed by atoms with E-state index in [0.717, 1.165) is 24.8 Å². The van der Waals surface area contributed by atoms with E-state index in [9.17, 15) is 8.42 Å². The molecular formula is C13H20N2O3S. The topological polar surface area (TPSA) is 81.4 Å². The monoisotopic (exact) mass is 284 g/mol. The fraction of sp³-hybridized carbons (Fsp3) is 0.538. The highest BCUT2D eigenvalue weighted by Gasteiger charge is 2.38. The zero-order valence-corrected chi connectivity index (χ0v) is 12.1. The molecule has 1 saturated carbocycles. The molecule has 1 aliphatic carbocycles. The third kappa shape index (κ3) is 2.91. The number of methoxy groups -OCH3 is 1. The quantitative estimate of drug-likeness (QED) is 0.801. The predicted molar refractivity (Wildman–Crippen MR) is 74.4 cm³/mol. The van der Waals surface area contributed by atoms with Gasteiger partial charge >= 0.3 is 0 Å². The molecular weight excluding hydrogens is 264 g/mol. The van der Waals surface area contributed by atoms with Gasteiger partial charge in [0.15, 0.2) is 0 Å². The average molecular weight is 284 g/mol. The van der Waals surface area contributed by atoms with Crippen LogP contribution in [-0.4, -0.2) is 27.7 Å². The van der Waals surface area contributed by atoms with Gasteiger partial charge in [0, 0.05) is 19.3 Å². The predicted octanol–water partition coefficient (Wildman–Crippen LogP) is 1.42. The lowest BCUT2D eigenvalue weighted by molar-refractivity contribution is -0.0659. The van der Waals surface area contributed by atoms with E-state index in [1.165, 1.54) is 6.07 Å². The van der Waals surface area contributed by atoms with E-state index in [4.69, 9.17) is 10.5 Å². The maximum absolute atomic E-state index is 12.2. The largest absolute Gasteiger partial charge is 0.399 e. The zero-order chi connectivity index (χ0) is 14.1. The minimum atomic E-state index is -3.50. The van der Waals surface area contributed by atoms with Gasteiger partial charge in [-0.15, -0.1) is 0 Å². The normalized spacial score (nSPS) is 18.0. The maximum atomic E-state index is 12.2. The zero-order valence-electron chi connectivity index (χ0n) is 11.3. The molecule has 0 aromatic heterocycles. The van der Waals surface area contributed by atoms with Crippen LogP contribution < -0.4 is 10.5 Å². The van der Waals surface area contributed by atoms with Gasteiger partial charge in [0.1, 0.15) is 0 Å². The summed E-state index contributed by atoms with van der Waals surface area (Å²) < 4.78 is 32.4. The van der Waals surface area contributed by atoms with Gasteiger partial charge in [0.2, 0.25) is 10.0 Å². The molecule has 0 aliphatic heterocycles. The smallest absolute Gasteiger partial charge is 0.240 e. The first kappa shape index (κ1) is 14.3. The first-order valence-corrected chi connectivity index (χ1v) is 7.78. The summed E-state index contributed by atoms with van der Waals surface area (Å²) in [4.78, 5) is 0.241. The Morgan fingerprint density at radius 3 is 2.58 bits per heavy atom. The van der Waals surface area contributed by atoms with Crippen molar-refractivity contribution < 1.29 is 13.2 Å². The molecule has 3 N–H and O–H groups in total. The van der Waals surface area contributed by atoms with E-state index in [0.29, 0.717) is 12.2 Å². The van der Waals surface area contributed by atoms with Crippen molar-refractivity contribution in [2.24, 2.45) is 0 Å². The minimum Gasteiger partial charge on any atom is -0.399 e. The Morgan fingerprint density at radius 1 is 1.42 bits per heavy atom. The van der Waals surface area contributed by atoms with Gasteiger partial charge in [0.25, 0.3) is 0 Å². The number of nitrogens with two attached hydrogens (primary N) is 1. The molecule has 106 valence electrons. The van der Waals surface area contributed by atoms with Crippen LogP contribution in [0.15, 0.2) is 23.1 Å². The molecule has 0 bridgehead atoms. The van der Waals surface area contributed by atoms with Crippen LogP contribution in [0.4, 0.5) is 5.69 Å². The van der Waals surface area contributed by atoms with Gasteiger partial charge in [0.05, 0.1) is 10.5 Å². The first-order valence-electron chi connectivity index (χ1n) is 6.29. The molecule has 0 spiro atoms. The van der Waals surface area contributed by atoms with Gasteiger partial charge in [-0.1, -0.05) is 0 Å². The molecule has 5 nitrogen and oxygen atoms in total. The Hall–Kier alpha value is -1.11. The number of nitrogen functional groups attached to an aromatic ring is 1. The van der Waals surface area contributed by atoms with Crippen molar-refractivity contribution in [3.05, 3.63) is 23.8 Å². The number of sulfonamides is 1. The Kier molecular flexibility index (Phi) is 3.85. The molecule has 1 aliphatic rings. The molecule has 19 heavy (non-hydrogen) atoms. The van der Waals surface area contributed by atoms with Gasteiger partial charge in [-0.25, -0.2) is 13.1 Å². The number of aryl methyl sites for hydroxylation is 1. The van der Waals surface area contributed by atoms with E-state index >= 15 is 0 Å². The van der Waals surface area contributed by atoms with E-state index < -0.39 is 10.0 Å². The lowest BCUT2D eigenvalue weighted by atomic mass is 9.80. The summed E-state index contributed by atoms with van der Waals surface area (Å²) in [5, 5.41) is 0. The highest BCUT2D eigenvalue weighted by Crippen LogP contribution is 2.34. The number of ether oxygens (including phenoxy) is 1. The average Bonchev–Trinajstić information content (AvgIpc) is 2.31. The summed E-state index contributed by atoms with van der Waals surface area (Å²) in [5.41, 5.74) is 6.72. The summed E-state index contributed by atoms with van der Waals surface area (Å²) in [5.74, 6) is 0. The van der Waals surface area contributed by atoms with Crippen LogP contribution in [0.3, 0.4) is 0 Å². The van der Waals surface area contributed by atoms with Crippen LogP contribution in [0.5, 0.6) is 0 Å². The Bertz CT molecular complexity index is 560. The number of benzene rings is 1. The number of hydrogen-bond acceptors (Lipinski definition) is 4. The van der Waals surface area contributed by atoms with Crippen LogP contribution in [0, 0.1) is 6.92 Å². The number of nitrogens with one attached hydrogen (secondary N) is 1. The number of hydrogen-bond donors (Lipinski definition) is 2. The van der Waals surface area contributed by atoms with Crippen LogP contribution >= 0.6 is 0 Å². The third-order valence-electron chi connectivity index (χ3n) is 3.83. The summed E-state index contributed by atoms with van der Waals surface area (Å²) in [6.07, 6.45) is 2.87. The number of anilines is 1. The van der Waals surface area contributed by atoms with Crippen LogP contribution in [0.25, 0.3) is 0 Å². The molecule has 1 aromatic carbocycles. The van der Waals surface area contributed by atoms with Crippen molar-refractivity contribution in [3.8, 4) is 0 Å². The second kappa shape index (κ2) is 5.11. The lowest BCUT2D eigenvalue weighted by Crippen LogP contribution is -2.49. The molecule has 0 radical (unpaired) electrons. The van der Waals surface area contributed by atoms with Crippen molar-refractivity contribution in [2.75, 3.05) is 19.4 Å². The highest BCUT2D eigenvalue weighted by molar-refractivity contribution is 7.89. The van der Waals surface area contributed by atoms with Crippen LogP contribution in [0.2, 0.25) is 0 Å². The van der Waals surface area contributed by atoms with Gasteiger partial charge in [-0.2, -0.15) is 0 Å². The Morgan fingerprint density at radius 2 is 2.11 bits per heavy atom. The molecule has 0 saturated heterocycles. The Balaban J connectivity index is 2.11. The SMILES string of the molecule is COC1(CNS(=O)(=O)c2ccc(N)c(C)c2)CCC1. The standard InChI is InChI=1S/C13H20N2O3S/c1-10-8-11(4-5-12(10)14)19(16,17)15-9-13(18-2)6-3-7-13/h4-5,8,15H,3,6-7,9,14H2,1-2H3. The van der Waals surface area contributed by atoms with Gasteiger partial charge in [-0.3, -0.25) is 0 Å². The van der Waals surface area contributed by atoms with E-state index in [1.807, 2.05) is 0 Å². The van der Waals surface area contributed by atoms with Crippen molar-refractivity contribution in [3.63, 3.8) is 0 Å². The van der Waals surface area contributed by atoms with Crippen molar-refractivity contribution >= 4 is 15.7 Å². The molecule has 0 amide bonds.